The second-order valence-electron chi connectivity index (χ2n) is 11.2. The van der Waals surface area contributed by atoms with E-state index in [9.17, 15) is 4.79 Å². The third kappa shape index (κ3) is 3.73. The second-order valence-corrected chi connectivity index (χ2v) is 12.0. The minimum atomic E-state index is -0.761. The maximum Gasteiger partial charge on any atom is 0.349 e. The SMILES string of the molecule is CCOC1OC(=O)C(Br)=C1N1CCN([C@@H]2O[C@@H]3O[C@@]4(C)CC[C@H]5[C@H](C)CC[C@@H]([C@H]2C)[C@@]35OO4)CC1. The number of carbonyl (C=O) groups is 1. The molecule has 0 N–H and O–H groups in total. The van der Waals surface area contributed by atoms with Gasteiger partial charge in [0.05, 0.1) is 0 Å². The highest BCUT2D eigenvalue weighted by atomic mass is 79.9. The van der Waals surface area contributed by atoms with E-state index >= 15 is 0 Å². The van der Waals surface area contributed by atoms with Crippen LogP contribution in [0.1, 0.15) is 53.4 Å². The van der Waals surface area contributed by atoms with Gasteiger partial charge in [0.25, 0.3) is 0 Å². The van der Waals surface area contributed by atoms with Gasteiger partial charge < -0.3 is 23.8 Å². The molecule has 7 rings (SSSR count). The molecule has 9 nitrogen and oxygen atoms in total. The van der Waals surface area contributed by atoms with Gasteiger partial charge in [0.15, 0.2) is 11.9 Å². The fraction of sp³-hybridized carbons (Fsp3) is 0.880. The van der Waals surface area contributed by atoms with Gasteiger partial charge in [0, 0.05) is 51.0 Å². The molecule has 5 saturated heterocycles. The number of halogens is 1. The predicted molar refractivity (Wildman–Crippen MR) is 127 cm³/mol. The molecule has 1 aliphatic carbocycles. The van der Waals surface area contributed by atoms with Gasteiger partial charge in [-0.1, -0.05) is 13.8 Å². The normalized spacial score (nSPS) is 48.1. The molecule has 1 unspecified atom stereocenters. The van der Waals surface area contributed by atoms with Crippen molar-refractivity contribution in [1.29, 1.82) is 0 Å². The highest BCUT2D eigenvalue weighted by molar-refractivity contribution is 9.12. The largest absolute Gasteiger partial charge is 0.426 e. The maximum atomic E-state index is 12.1. The molecular weight excluding hydrogens is 520 g/mol. The molecule has 6 aliphatic heterocycles. The minimum absolute atomic E-state index is 0.0556. The Morgan fingerprint density at radius 1 is 1.09 bits per heavy atom. The number of esters is 1. The van der Waals surface area contributed by atoms with Crippen molar-refractivity contribution in [2.75, 3.05) is 32.8 Å². The number of nitrogens with zero attached hydrogens (tertiary/aromatic N) is 2. The van der Waals surface area contributed by atoms with E-state index in [0.29, 0.717) is 28.8 Å². The van der Waals surface area contributed by atoms with Gasteiger partial charge in [-0.15, -0.1) is 0 Å². The number of hydrogen-bond acceptors (Lipinski definition) is 9. The molecule has 1 saturated carbocycles. The molecule has 10 heteroatoms. The lowest BCUT2D eigenvalue weighted by Gasteiger charge is -2.61. The van der Waals surface area contributed by atoms with E-state index in [4.69, 9.17) is 28.7 Å². The third-order valence-electron chi connectivity index (χ3n) is 9.30. The summed E-state index contributed by atoms with van der Waals surface area (Å²) in [7, 11) is 0. The van der Waals surface area contributed by atoms with Gasteiger partial charge in [-0.2, -0.15) is 0 Å². The van der Waals surface area contributed by atoms with Crippen molar-refractivity contribution in [1.82, 2.24) is 9.80 Å². The lowest BCUT2D eigenvalue weighted by molar-refractivity contribution is -0.574. The van der Waals surface area contributed by atoms with Gasteiger partial charge in [0.2, 0.25) is 12.1 Å². The van der Waals surface area contributed by atoms with Crippen molar-refractivity contribution in [2.45, 2.75) is 83.6 Å². The number of carbonyl (C=O) groups excluding carboxylic acids is 1. The number of cyclic esters (lactones) is 1. The van der Waals surface area contributed by atoms with Crippen LogP contribution in [-0.2, 0) is 33.5 Å². The van der Waals surface area contributed by atoms with E-state index in [1.54, 1.807) is 0 Å². The quantitative estimate of drug-likeness (QED) is 0.382. The standard InChI is InChI=1S/C25H37BrN2O7/c1-5-30-22-19(18(26)21(29)32-22)27-10-12-28(13-11-27)20-15(3)17-7-6-14(2)16-8-9-24(4)33-23(31-20)25(16,17)35-34-24/h14-17,20,22-23H,5-13H2,1-4H3/t14-,15-,16+,17+,20-,22?,23-,24-,25-/m1/s1. The second kappa shape index (κ2) is 8.92. The van der Waals surface area contributed by atoms with Crippen LogP contribution in [0, 0.1) is 23.7 Å². The first-order chi connectivity index (χ1) is 16.8. The number of hydrogen-bond donors (Lipinski definition) is 0. The van der Waals surface area contributed by atoms with E-state index in [0.717, 1.165) is 51.1 Å². The number of ether oxygens (including phenoxy) is 4. The molecule has 0 aromatic rings. The van der Waals surface area contributed by atoms with Gasteiger partial charge in [-0.05, 0) is 60.9 Å². The molecule has 9 atom stereocenters. The van der Waals surface area contributed by atoms with Crippen molar-refractivity contribution >= 4 is 21.9 Å². The summed E-state index contributed by atoms with van der Waals surface area (Å²) in [6, 6.07) is 0. The van der Waals surface area contributed by atoms with Crippen molar-refractivity contribution < 1.29 is 33.5 Å². The molecule has 6 heterocycles. The van der Waals surface area contributed by atoms with E-state index in [2.05, 4.69) is 39.6 Å². The summed E-state index contributed by atoms with van der Waals surface area (Å²) in [6.45, 7) is 12.1. The molecule has 0 radical (unpaired) electrons. The fourth-order valence-electron chi connectivity index (χ4n) is 7.49. The highest BCUT2D eigenvalue weighted by Gasteiger charge is 2.69. The lowest BCUT2D eigenvalue weighted by Crippen LogP contribution is -2.72. The summed E-state index contributed by atoms with van der Waals surface area (Å²) < 4.78 is 24.9. The van der Waals surface area contributed by atoms with Crippen molar-refractivity contribution in [3.8, 4) is 0 Å². The Hall–Kier alpha value is -0.750. The van der Waals surface area contributed by atoms with Crippen LogP contribution in [-0.4, -0.2) is 78.8 Å². The average molecular weight is 557 g/mol. The van der Waals surface area contributed by atoms with Crippen molar-refractivity contribution in [2.24, 2.45) is 23.7 Å². The molecule has 7 aliphatic rings. The molecule has 0 aromatic carbocycles. The fourth-order valence-corrected chi connectivity index (χ4v) is 8.02. The third-order valence-corrected chi connectivity index (χ3v) is 10.0. The zero-order valence-electron chi connectivity index (χ0n) is 21.0. The van der Waals surface area contributed by atoms with Crippen LogP contribution in [0.4, 0.5) is 0 Å². The number of rotatable bonds is 4. The monoisotopic (exact) mass is 556 g/mol. The molecule has 0 aromatic heterocycles. The van der Waals surface area contributed by atoms with Crippen LogP contribution in [0.15, 0.2) is 10.2 Å². The summed E-state index contributed by atoms with van der Waals surface area (Å²) in [5, 5.41) is 0. The van der Waals surface area contributed by atoms with Crippen molar-refractivity contribution in [3.05, 3.63) is 10.2 Å². The number of piperazine rings is 1. The summed E-state index contributed by atoms with van der Waals surface area (Å²) in [6.07, 6.45) is 3.01. The zero-order chi connectivity index (χ0) is 24.5. The average Bonchev–Trinajstić information content (AvgIpc) is 2.96. The first-order valence-corrected chi connectivity index (χ1v) is 14.0. The van der Waals surface area contributed by atoms with E-state index in [1.165, 1.54) is 6.42 Å². The first kappa shape index (κ1) is 24.6. The topological polar surface area (TPSA) is 78.9 Å². The molecule has 6 fully saturated rings. The number of fused-ring (bicyclic) bond motifs is 2. The molecular formula is C25H37BrN2O7. The van der Waals surface area contributed by atoms with Crippen LogP contribution < -0.4 is 0 Å². The highest BCUT2D eigenvalue weighted by Crippen LogP contribution is 2.60. The van der Waals surface area contributed by atoms with Crippen molar-refractivity contribution in [3.63, 3.8) is 0 Å². The molecule has 2 bridgehead atoms. The first-order valence-electron chi connectivity index (χ1n) is 13.2. The molecule has 1 spiro atoms. The molecule has 0 amide bonds. The zero-order valence-corrected chi connectivity index (χ0v) is 22.6. The van der Waals surface area contributed by atoms with E-state index < -0.39 is 24.0 Å². The van der Waals surface area contributed by atoms with E-state index in [-0.39, 0.29) is 18.1 Å². The Kier molecular flexibility index (Phi) is 6.27. The van der Waals surface area contributed by atoms with Crippen LogP contribution in [0.5, 0.6) is 0 Å². The summed E-state index contributed by atoms with van der Waals surface area (Å²) in [5.41, 5.74) is 0.257. The van der Waals surface area contributed by atoms with Gasteiger partial charge in [-0.3, -0.25) is 4.90 Å². The summed E-state index contributed by atoms with van der Waals surface area (Å²) >= 11 is 3.42. The Labute approximate surface area is 215 Å². The lowest BCUT2D eigenvalue weighted by atomic mass is 9.58. The van der Waals surface area contributed by atoms with Gasteiger partial charge >= 0.3 is 5.97 Å². The van der Waals surface area contributed by atoms with Crippen LogP contribution in [0.2, 0.25) is 0 Å². The van der Waals surface area contributed by atoms with Crippen LogP contribution >= 0.6 is 15.9 Å². The Balaban J connectivity index is 1.21. The minimum Gasteiger partial charge on any atom is -0.426 e. The van der Waals surface area contributed by atoms with E-state index in [1.807, 2.05) is 13.8 Å². The summed E-state index contributed by atoms with van der Waals surface area (Å²) in [5.74, 6) is 0.389. The Morgan fingerprint density at radius 2 is 1.86 bits per heavy atom. The van der Waals surface area contributed by atoms with Crippen LogP contribution in [0.25, 0.3) is 0 Å². The molecule has 35 heavy (non-hydrogen) atoms. The van der Waals surface area contributed by atoms with Gasteiger partial charge in [-0.25, -0.2) is 14.6 Å². The Bertz CT molecular complexity index is 895. The Morgan fingerprint density at radius 3 is 2.60 bits per heavy atom. The smallest absolute Gasteiger partial charge is 0.349 e. The van der Waals surface area contributed by atoms with Crippen LogP contribution in [0.3, 0.4) is 0 Å². The predicted octanol–water partition coefficient (Wildman–Crippen LogP) is 3.34. The summed E-state index contributed by atoms with van der Waals surface area (Å²) in [4.78, 5) is 29.0. The maximum absolute atomic E-state index is 12.1. The van der Waals surface area contributed by atoms with Gasteiger partial charge in [0.1, 0.15) is 16.4 Å². The molecule has 196 valence electrons.